The molecule has 2 aromatic heterocycles. The van der Waals surface area contributed by atoms with Crippen LogP contribution in [0.25, 0.3) is 0 Å². The summed E-state index contributed by atoms with van der Waals surface area (Å²) in [5, 5.41) is 17.9. The molecule has 0 aliphatic carbocycles. The molecule has 0 amide bonds. The number of aliphatic hydroxyl groups excluding tert-OH is 1. The fraction of sp³-hybridized carbons (Fsp3) is 0.143. The lowest BCUT2D eigenvalue weighted by molar-refractivity contribution is 0.216. The molecule has 1 unspecified atom stereocenters. The summed E-state index contributed by atoms with van der Waals surface area (Å²) in [7, 11) is 0. The highest BCUT2D eigenvalue weighted by atomic mass is 32.1. The molecule has 0 spiro atoms. The van der Waals surface area contributed by atoms with Gasteiger partial charge in [-0.25, -0.2) is 4.98 Å². The molecule has 0 saturated carbocycles. The van der Waals surface area contributed by atoms with Crippen molar-refractivity contribution in [2.45, 2.75) is 6.10 Å². The molecule has 0 fully saturated rings. The van der Waals surface area contributed by atoms with Crippen LogP contribution in [0.5, 0.6) is 0 Å². The maximum absolute atomic E-state index is 9.65. The number of aromatic nitrogens is 3. The number of nitrogens with zero attached hydrogens (tertiary/aromatic N) is 2. The molecule has 12 heavy (non-hydrogen) atoms. The van der Waals surface area contributed by atoms with Crippen LogP contribution in [0.3, 0.4) is 0 Å². The third kappa shape index (κ3) is 1.24. The van der Waals surface area contributed by atoms with Gasteiger partial charge in [0, 0.05) is 17.1 Å². The second-order valence-corrected chi connectivity index (χ2v) is 3.07. The molecule has 1 atom stereocenters. The molecule has 2 aromatic rings. The van der Waals surface area contributed by atoms with Gasteiger partial charge in [0.25, 0.3) is 0 Å². The van der Waals surface area contributed by atoms with E-state index in [1.807, 2.05) is 5.38 Å². The van der Waals surface area contributed by atoms with Crippen LogP contribution in [-0.4, -0.2) is 20.3 Å². The molecule has 0 saturated heterocycles. The SMILES string of the molecule is OC(c1cn[nH]c1)c1cscn1. The zero-order chi connectivity index (χ0) is 8.39. The minimum atomic E-state index is -0.657. The molecule has 2 N–H and O–H groups in total. The van der Waals surface area contributed by atoms with Crippen LogP contribution in [-0.2, 0) is 0 Å². The van der Waals surface area contributed by atoms with E-state index in [1.165, 1.54) is 11.3 Å². The minimum Gasteiger partial charge on any atom is -0.382 e. The molecular formula is C7H7N3OS. The summed E-state index contributed by atoms with van der Waals surface area (Å²) in [6.45, 7) is 0. The topological polar surface area (TPSA) is 61.8 Å². The van der Waals surface area contributed by atoms with Gasteiger partial charge in [-0.05, 0) is 0 Å². The summed E-state index contributed by atoms with van der Waals surface area (Å²) >= 11 is 1.46. The summed E-state index contributed by atoms with van der Waals surface area (Å²) in [5.41, 5.74) is 3.10. The smallest absolute Gasteiger partial charge is 0.125 e. The normalized spacial score (nSPS) is 13.1. The van der Waals surface area contributed by atoms with E-state index < -0.39 is 6.10 Å². The summed E-state index contributed by atoms with van der Waals surface area (Å²) in [6, 6.07) is 0. The maximum atomic E-state index is 9.65. The van der Waals surface area contributed by atoms with Crippen LogP contribution < -0.4 is 0 Å². The van der Waals surface area contributed by atoms with E-state index in [2.05, 4.69) is 15.2 Å². The highest BCUT2D eigenvalue weighted by Crippen LogP contribution is 2.19. The molecule has 0 radical (unpaired) electrons. The van der Waals surface area contributed by atoms with E-state index >= 15 is 0 Å². The van der Waals surface area contributed by atoms with Gasteiger partial charge >= 0.3 is 0 Å². The first-order chi connectivity index (χ1) is 5.88. The number of hydrogen-bond donors (Lipinski definition) is 2. The van der Waals surface area contributed by atoms with Gasteiger partial charge in [0.2, 0.25) is 0 Å². The van der Waals surface area contributed by atoms with Gasteiger partial charge in [0.15, 0.2) is 0 Å². The summed E-state index contributed by atoms with van der Waals surface area (Å²) in [4.78, 5) is 4.00. The third-order valence-electron chi connectivity index (χ3n) is 1.57. The Labute approximate surface area is 72.9 Å². The Kier molecular flexibility index (Phi) is 1.89. The number of thiazole rings is 1. The van der Waals surface area contributed by atoms with Crippen LogP contribution >= 0.6 is 11.3 Å². The van der Waals surface area contributed by atoms with Crippen molar-refractivity contribution >= 4 is 11.3 Å². The Hall–Kier alpha value is -1.20. The fourth-order valence-corrected chi connectivity index (χ4v) is 1.51. The van der Waals surface area contributed by atoms with Crippen molar-refractivity contribution in [2.75, 3.05) is 0 Å². The Balaban J connectivity index is 2.27. The molecule has 2 heterocycles. The highest BCUT2D eigenvalue weighted by molar-refractivity contribution is 7.07. The Morgan fingerprint density at radius 3 is 3.08 bits per heavy atom. The number of nitrogens with one attached hydrogen (secondary N) is 1. The molecule has 0 aromatic carbocycles. The second kappa shape index (κ2) is 3.04. The van der Waals surface area contributed by atoms with Crippen molar-refractivity contribution in [3.05, 3.63) is 34.5 Å². The van der Waals surface area contributed by atoms with E-state index in [-0.39, 0.29) is 0 Å². The average molecular weight is 181 g/mol. The van der Waals surface area contributed by atoms with Crippen LogP contribution in [0.1, 0.15) is 17.4 Å². The lowest BCUT2D eigenvalue weighted by Crippen LogP contribution is -1.97. The van der Waals surface area contributed by atoms with Gasteiger partial charge < -0.3 is 5.11 Å². The quantitative estimate of drug-likeness (QED) is 0.725. The van der Waals surface area contributed by atoms with Crippen molar-refractivity contribution in [2.24, 2.45) is 0 Å². The molecular weight excluding hydrogens is 174 g/mol. The van der Waals surface area contributed by atoms with E-state index in [0.717, 1.165) is 5.56 Å². The zero-order valence-corrected chi connectivity index (χ0v) is 6.95. The first kappa shape index (κ1) is 7.45. The number of aliphatic hydroxyl groups is 1. The molecule has 0 aliphatic rings. The molecule has 2 rings (SSSR count). The lowest BCUT2D eigenvalue weighted by Gasteiger charge is -2.02. The highest BCUT2D eigenvalue weighted by Gasteiger charge is 2.12. The lowest BCUT2D eigenvalue weighted by atomic mass is 10.2. The largest absolute Gasteiger partial charge is 0.382 e. The minimum absolute atomic E-state index is 0.657. The predicted octanol–water partition coefficient (Wildman–Crippen LogP) is 0.948. The molecule has 5 heteroatoms. The maximum Gasteiger partial charge on any atom is 0.125 e. The predicted molar refractivity (Wildman–Crippen MR) is 44.8 cm³/mol. The third-order valence-corrected chi connectivity index (χ3v) is 2.17. The molecule has 4 nitrogen and oxygen atoms in total. The summed E-state index contributed by atoms with van der Waals surface area (Å²) < 4.78 is 0. The van der Waals surface area contributed by atoms with Gasteiger partial charge in [-0.15, -0.1) is 11.3 Å². The van der Waals surface area contributed by atoms with Gasteiger partial charge in [-0.3, -0.25) is 5.10 Å². The van der Waals surface area contributed by atoms with E-state index in [9.17, 15) is 5.11 Å². The van der Waals surface area contributed by atoms with Crippen LogP contribution in [0.4, 0.5) is 0 Å². The Morgan fingerprint density at radius 2 is 2.50 bits per heavy atom. The van der Waals surface area contributed by atoms with Crippen LogP contribution in [0.15, 0.2) is 23.3 Å². The second-order valence-electron chi connectivity index (χ2n) is 2.35. The Morgan fingerprint density at radius 1 is 1.58 bits per heavy atom. The van der Waals surface area contributed by atoms with Crippen molar-refractivity contribution in [3.63, 3.8) is 0 Å². The average Bonchev–Trinajstić information content (AvgIpc) is 2.77. The number of H-pyrrole nitrogens is 1. The van der Waals surface area contributed by atoms with Crippen molar-refractivity contribution in [1.82, 2.24) is 15.2 Å². The van der Waals surface area contributed by atoms with Gasteiger partial charge in [-0.1, -0.05) is 0 Å². The van der Waals surface area contributed by atoms with E-state index in [1.54, 1.807) is 17.9 Å². The first-order valence-electron chi connectivity index (χ1n) is 3.43. The number of hydrogen-bond acceptors (Lipinski definition) is 4. The number of rotatable bonds is 2. The molecule has 0 aliphatic heterocycles. The van der Waals surface area contributed by atoms with Crippen molar-refractivity contribution in [3.8, 4) is 0 Å². The van der Waals surface area contributed by atoms with Crippen molar-refractivity contribution in [1.29, 1.82) is 0 Å². The Bertz CT molecular complexity index is 295. The first-order valence-corrected chi connectivity index (χ1v) is 4.37. The standard InChI is InChI=1S/C7H7N3OS/c11-7(5-1-9-10-2-5)6-3-12-4-8-6/h1-4,7,11H,(H,9,10). The van der Waals surface area contributed by atoms with Crippen LogP contribution in [0.2, 0.25) is 0 Å². The van der Waals surface area contributed by atoms with Gasteiger partial charge in [0.05, 0.1) is 17.4 Å². The van der Waals surface area contributed by atoms with Gasteiger partial charge in [0.1, 0.15) is 6.10 Å². The summed E-state index contributed by atoms with van der Waals surface area (Å²) in [6.07, 6.45) is 2.59. The molecule has 0 bridgehead atoms. The number of aromatic amines is 1. The fourth-order valence-electron chi connectivity index (χ4n) is 0.938. The van der Waals surface area contributed by atoms with E-state index in [0.29, 0.717) is 5.69 Å². The van der Waals surface area contributed by atoms with Crippen LogP contribution in [0, 0.1) is 0 Å². The van der Waals surface area contributed by atoms with Gasteiger partial charge in [-0.2, -0.15) is 5.10 Å². The van der Waals surface area contributed by atoms with Crippen molar-refractivity contribution < 1.29 is 5.11 Å². The monoisotopic (exact) mass is 181 g/mol. The summed E-state index contributed by atoms with van der Waals surface area (Å²) in [5.74, 6) is 0. The van der Waals surface area contributed by atoms with E-state index in [4.69, 9.17) is 0 Å². The molecule has 62 valence electrons. The zero-order valence-electron chi connectivity index (χ0n) is 6.14.